The lowest BCUT2D eigenvalue weighted by Crippen LogP contribution is -2.48. The predicted molar refractivity (Wildman–Crippen MR) is 106 cm³/mol. The molecule has 0 unspecified atom stereocenters. The Morgan fingerprint density at radius 3 is 2.52 bits per heavy atom. The lowest BCUT2D eigenvalue weighted by molar-refractivity contribution is -0.384. The quantitative estimate of drug-likeness (QED) is 0.566. The lowest BCUT2D eigenvalue weighted by atomic mass is 10.2. The first-order chi connectivity index (χ1) is 14.0. The summed E-state index contributed by atoms with van der Waals surface area (Å²) in [5.41, 5.74) is 0.580. The van der Waals surface area contributed by atoms with Gasteiger partial charge in [-0.25, -0.2) is 4.39 Å². The minimum absolute atomic E-state index is 0.136. The molecular formula is C20H23FN4O4. The second-order valence-corrected chi connectivity index (χ2v) is 6.83. The molecule has 1 saturated heterocycles. The van der Waals surface area contributed by atoms with Crippen LogP contribution in [0.2, 0.25) is 0 Å². The molecule has 0 aliphatic carbocycles. The molecule has 2 aromatic carbocycles. The maximum absolute atomic E-state index is 13.8. The summed E-state index contributed by atoms with van der Waals surface area (Å²) in [6, 6.07) is 11.0. The second-order valence-electron chi connectivity index (χ2n) is 6.83. The number of piperazine rings is 1. The van der Waals surface area contributed by atoms with Gasteiger partial charge in [-0.15, -0.1) is 0 Å². The summed E-state index contributed by atoms with van der Waals surface area (Å²) in [4.78, 5) is 27.1. The molecule has 0 bridgehead atoms. The Morgan fingerprint density at radius 1 is 1.17 bits per heavy atom. The average molecular weight is 402 g/mol. The van der Waals surface area contributed by atoms with Gasteiger partial charge in [0.25, 0.3) is 5.69 Å². The summed E-state index contributed by atoms with van der Waals surface area (Å²) >= 11 is 0. The van der Waals surface area contributed by atoms with E-state index in [1.54, 1.807) is 18.2 Å². The van der Waals surface area contributed by atoms with Crippen LogP contribution in [-0.4, -0.2) is 60.5 Å². The van der Waals surface area contributed by atoms with E-state index in [9.17, 15) is 19.3 Å². The van der Waals surface area contributed by atoms with Crippen molar-refractivity contribution in [2.24, 2.45) is 0 Å². The molecule has 1 heterocycles. The molecule has 1 aliphatic rings. The molecule has 1 amide bonds. The number of amides is 1. The highest BCUT2D eigenvalue weighted by Gasteiger charge is 2.22. The molecule has 0 aromatic heterocycles. The molecule has 1 fully saturated rings. The van der Waals surface area contributed by atoms with Crippen LogP contribution < -0.4 is 10.1 Å². The number of nitro benzene ring substituents is 1. The van der Waals surface area contributed by atoms with E-state index in [1.807, 2.05) is 11.0 Å². The third-order valence-corrected chi connectivity index (χ3v) is 4.86. The zero-order valence-corrected chi connectivity index (χ0v) is 16.1. The van der Waals surface area contributed by atoms with Gasteiger partial charge in [-0.3, -0.25) is 24.7 Å². The van der Waals surface area contributed by atoms with Crippen LogP contribution in [-0.2, 0) is 11.3 Å². The fourth-order valence-corrected chi connectivity index (χ4v) is 3.26. The van der Waals surface area contributed by atoms with Crippen molar-refractivity contribution in [2.75, 3.05) is 45.2 Å². The normalized spacial score (nSPS) is 15.1. The van der Waals surface area contributed by atoms with Gasteiger partial charge in [0.2, 0.25) is 5.91 Å². The number of benzene rings is 2. The van der Waals surface area contributed by atoms with E-state index in [0.717, 1.165) is 0 Å². The summed E-state index contributed by atoms with van der Waals surface area (Å²) < 4.78 is 18.8. The van der Waals surface area contributed by atoms with E-state index in [0.29, 0.717) is 44.0 Å². The second kappa shape index (κ2) is 9.44. The third-order valence-electron chi connectivity index (χ3n) is 4.86. The molecule has 9 heteroatoms. The van der Waals surface area contributed by atoms with E-state index >= 15 is 0 Å². The fraction of sp³-hybridized carbons (Fsp3) is 0.350. The van der Waals surface area contributed by atoms with Gasteiger partial charge < -0.3 is 10.1 Å². The molecule has 0 radical (unpaired) electrons. The highest BCUT2D eigenvalue weighted by Crippen LogP contribution is 2.28. The SMILES string of the molecule is COc1ccc(NC(=O)CN2CCN(Cc3ccccc3F)CC2)c([N+](=O)[O-])c1. The minimum Gasteiger partial charge on any atom is -0.496 e. The van der Waals surface area contributed by atoms with E-state index in [1.165, 1.54) is 25.3 Å². The molecule has 29 heavy (non-hydrogen) atoms. The number of hydrogen-bond donors (Lipinski definition) is 1. The maximum atomic E-state index is 13.8. The number of ether oxygens (including phenoxy) is 1. The van der Waals surface area contributed by atoms with Gasteiger partial charge in [0.1, 0.15) is 17.3 Å². The molecule has 0 spiro atoms. The topological polar surface area (TPSA) is 88.0 Å². The van der Waals surface area contributed by atoms with Crippen LogP contribution in [0.15, 0.2) is 42.5 Å². The molecule has 154 valence electrons. The summed E-state index contributed by atoms with van der Waals surface area (Å²) in [5.74, 6) is -0.183. The summed E-state index contributed by atoms with van der Waals surface area (Å²) in [6.45, 7) is 3.41. The van der Waals surface area contributed by atoms with Crippen molar-refractivity contribution >= 4 is 17.3 Å². The molecule has 3 rings (SSSR count). The number of rotatable bonds is 7. The number of halogens is 1. The molecule has 1 N–H and O–H groups in total. The Hall–Kier alpha value is -3.04. The first kappa shape index (κ1) is 20.7. The zero-order valence-electron chi connectivity index (χ0n) is 16.1. The van der Waals surface area contributed by atoms with Gasteiger partial charge in [-0.1, -0.05) is 18.2 Å². The third kappa shape index (κ3) is 5.49. The number of nitrogens with zero attached hydrogens (tertiary/aromatic N) is 3. The summed E-state index contributed by atoms with van der Waals surface area (Å²) in [7, 11) is 1.42. The van der Waals surface area contributed by atoms with Crippen LogP contribution >= 0.6 is 0 Å². The number of nitro groups is 1. The number of carbonyl (C=O) groups is 1. The summed E-state index contributed by atoms with van der Waals surface area (Å²) in [5, 5.41) is 13.8. The molecular weight excluding hydrogens is 379 g/mol. The highest BCUT2D eigenvalue weighted by atomic mass is 19.1. The van der Waals surface area contributed by atoms with E-state index in [-0.39, 0.29) is 29.6 Å². The molecule has 0 saturated carbocycles. The van der Waals surface area contributed by atoms with Crippen LogP contribution in [0.5, 0.6) is 5.75 Å². The van der Waals surface area contributed by atoms with Crippen molar-refractivity contribution in [3.63, 3.8) is 0 Å². The van der Waals surface area contributed by atoms with Crippen LogP contribution in [0.4, 0.5) is 15.8 Å². The first-order valence-corrected chi connectivity index (χ1v) is 9.26. The Bertz CT molecular complexity index is 885. The van der Waals surface area contributed by atoms with Crippen LogP contribution in [0.3, 0.4) is 0 Å². The number of hydrogen-bond acceptors (Lipinski definition) is 6. The smallest absolute Gasteiger partial charge is 0.296 e. The van der Waals surface area contributed by atoms with Crippen molar-refractivity contribution in [1.82, 2.24) is 9.80 Å². The van der Waals surface area contributed by atoms with Crippen LogP contribution in [0.25, 0.3) is 0 Å². The molecule has 2 aromatic rings. The number of anilines is 1. The largest absolute Gasteiger partial charge is 0.496 e. The van der Waals surface area contributed by atoms with Crippen molar-refractivity contribution in [3.05, 3.63) is 64.0 Å². The van der Waals surface area contributed by atoms with E-state index in [2.05, 4.69) is 10.2 Å². The van der Waals surface area contributed by atoms with Gasteiger partial charge in [0.15, 0.2) is 0 Å². The van der Waals surface area contributed by atoms with Crippen molar-refractivity contribution < 1.29 is 18.8 Å². The minimum atomic E-state index is -0.556. The van der Waals surface area contributed by atoms with Crippen molar-refractivity contribution in [3.8, 4) is 5.75 Å². The number of methoxy groups -OCH3 is 1. The average Bonchev–Trinajstić information content (AvgIpc) is 2.71. The van der Waals surface area contributed by atoms with Gasteiger partial charge in [-0.2, -0.15) is 0 Å². The lowest BCUT2D eigenvalue weighted by Gasteiger charge is -2.34. The monoisotopic (exact) mass is 402 g/mol. The van der Waals surface area contributed by atoms with Gasteiger partial charge >= 0.3 is 0 Å². The molecule has 1 aliphatic heterocycles. The Labute approximate surface area is 168 Å². The molecule has 0 atom stereocenters. The maximum Gasteiger partial charge on any atom is 0.296 e. The van der Waals surface area contributed by atoms with Gasteiger partial charge in [0.05, 0.1) is 24.6 Å². The van der Waals surface area contributed by atoms with E-state index in [4.69, 9.17) is 4.74 Å². The predicted octanol–water partition coefficient (Wildman–Crippen LogP) is 2.50. The van der Waals surface area contributed by atoms with E-state index < -0.39 is 4.92 Å². The zero-order chi connectivity index (χ0) is 20.8. The first-order valence-electron chi connectivity index (χ1n) is 9.26. The summed E-state index contributed by atoms with van der Waals surface area (Å²) in [6.07, 6.45) is 0. The Kier molecular flexibility index (Phi) is 6.73. The number of nitrogens with one attached hydrogen (secondary N) is 1. The molecule has 8 nitrogen and oxygen atoms in total. The fourth-order valence-electron chi connectivity index (χ4n) is 3.26. The van der Waals surface area contributed by atoms with Crippen LogP contribution in [0.1, 0.15) is 5.56 Å². The van der Waals surface area contributed by atoms with Gasteiger partial charge in [0, 0.05) is 38.3 Å². The Morgan fingerprint density at radius 2 is 1.86 bits per heavy atom. The van der Waals surface area contributed by atoms with Gasteiger partial charge in [-0.05, 0) is 18.2 Å². The standard InChI is InChI=1S/C20H23FN4O4/c1-29-16-6-7-18(19(12-16)25(27)28)22-20(26)14-24-10-8-23(9-11-24)13-15-4-2-3-5-17(15)21/h2-7,12H,8-11,13-14H2,1H3,(H,22,26). The van der Waals surface area contributed by atoms with Crippen molar-refractivity contribution in [2.45, 2.75) is 6.54 Å². The highest BCUT2D eigenvalue weighted by molar-refractivity contribution is 5.94. The van der Waals surface area contributed by atoms with Crippen LogP contribution in [0, 0.1) is 15.9 Å². The number of carbonyl (C=O) groups excluding carboxylic acids is 1. The van der Waals surface area contributed by atoms with Crippen molar-refractivity contribution in [1.29, 1.82) is 0 Å². The Balaban J connectivity index is 1.51.